The maximum atomic E-state index is 13.1. The van der Waals surface area contributed by atoms with Crippen molar-refractivity contribution >= 4 is 46.4 Å². The van der Waals surface area contributed by atoms with Gasteiger partial charge in [-0.1, -0.05) is 35.3 Å². The van der Waals surface area contributed by atoms with E-state index in [0.717, 1.165) is 5.69 Å². The third-order valence-electron chi connectivity index (χ3n) is 5.50. The molecule has 3 heterocycles. The molecule has 0 spiro atoms. The average molecular weight is 540 g/mol. The zero-order chi connectivity index (χ0) is 26.4. The van der Waals surface area contributed by atoms with E-state index in [1.807, 2.05) is 29.0 Å². The average Bonchev–Trinajstić information content (AvgIpc) is 3.29. The Balaban J connectivity index is 1.47. The van der Waals surface area contributed by atoms with E-state index in [1.165, 1.54) is 12.1 Å². The summed E-state index contributed by atoms with van der Waals surface area (Å²) < 4.78 is 1.91. The van der Waals surface area contributed by atoms with Gasteiger partial charge in [-0.25, -0.2) is 4.98 Å². The fourth-order valence-corrected chi connectivity index (χ4v) is 4.22. The van der Waals surface area contributed by atoms with Crippen LogP contribution in [0.3, 0.4) is 0 Å². The standard InChI is InChI=1S/C25H23Cl2N7O3/c26-16-5-6-18(21(27)12-16)19-14-33(15-20(19)25(35)31-13-17-4-1-2-9-29-17)11-3-10-30-23-8-7-22(34(36)37)24(28)32-23/h1-2,4-9,12,14-15H,3,10-11,13H2,(H,31,35)(H3,28,30,32). The SMILES string of the molecule is Nc1nc(NCCCn2cc(C(=O)NCc3ccccn3)c(-c3ccc(Cl)cc3Cl)c2)ccc1[N+](=O)[O-]. The van der Waals surface area contributed by atoms with Crippen molar-refractivity contribution < 1.29 is 9.72 Å². The van der Waals surface area contributed by atoms with Crippen LogP contribution in [0.15, 0.2) is 67.1 Å². The molecule has 12 heteroatoms. The van der Waals surface area contributed by atoms with Gasteiger partial charge >= 0.3 is 5.69 Å². The van der Waals surface area contributed by atoms with Crippen LogP contribution in [0.25, 0.3) is 11.1 Å². The molecule has 0 saturated heterocycles. The van der Waals surface area contributed by atoms with Gasteiger partial charge in [0.1, 0.15) is 5.82 Å². The highest BCUT2D eigenvalue weighted by atomic mass is 35.5. The van der Waals surface area contributed by atoms with Gasteiger partial charge in [-0.15, -0.1) is 0 Å². The van der Waals surface area contributed by atoms with E-state index >= 15 is 0 Å². The number of hydrogen-bond acceptors (Lipinski definition) is 7. The van der Waals surface area contributed by atoms with Gasteiger partial charge in [0.15, 0.2) is 0 Å². The number of amides is 1. The number of nitrogen functional groups attached to an aromatic ring is 1. The van der Waals surface area contributed by atoms with Gasteiger partial charge < -0.3 is 20.9 Å². The number of nitrogens with two attached hydrogens (primary N) is 1. The molecule has 1 amide bonds. The molecule has 0 fully saturated rings. The molecule has 10 nitrogen and oxygen atoms in total. The Kier molecular flexibility index (Phi) is 8.22. The lowest BCUT2D eigenvalue weighted by atomic mass is 10.0. The first-order valence-corrected chi connectivity index (χ1v) is 12.1. The summed E-state index contributed by atoms with van der Waals surface area (Å²) in [6, 6.07) is 13.5. The van der Waals surface area contributed by atoms with Gasteiger partial charge in [-0.3, -0.25) is 19.9 Å². The molecule has 0 aliphatic carbocycles. The Bertz CT molecular complexity index is 1430. The van der Waals surface area contributed by atoms with Crippen molar-refractivity contribution in [2.45, 2.75) is 19.5 Å². The highest BCUT2D eigenvalue weighted by molar-refractivity contribution is 6.36. The van der Waals surface area contributed by atoms with Crippen LogP contribution in [0.5, 0.6) is 0 Å². The highest BCUT2D eigenvalue weighted by Crippen LogP contribution is 2.33. The number of hydrogen-bond donors (Lipinski definition) is 3. The maximum absolute atomic E-state index is 13.1. The minimum atomic E-state index is -0.577. The quantitative estimate of drug-likeness (QED) is 0.143. The Morgan fingerprint density at radius 3 is 2.65 bits per heavy atom. The summed E-state index contributed by atoms with van der Waals surface area (Å²) in [6.07, 6.45) is 5.99. The molecule has 3 aromatic heterocycles. The summed E-state index contributed by atoms with van der Waals surface area (Å²) in [5.41, 5.74) is 7.99. The molecule has 0 aliphatic rings. The molecule has 0 radical (unpaired) electrons. The molecule has 0 saturated carbocycles. The van der Waals surface area contributed by atoms with Crippen molar-refractivity contribution in [1.29, 1.82) is 0 Å². The zero-order valence-corrected chi connectivity index (χ0v) is 21.0. The highest BCUT2D eigenvalue weighted by Gasteiger charge is 2.18. The summed E-state index contributed by atoms with van der Waals surface area (Å²) in [7, 11) is 0. The van der Waals surface area contributed by atoms with E-state index in [4.69, 9.17) is 28.9 Å². The Hall–Kier alpha value is -4.15. The smallest absolute Gasteiger partial charge is 0.311 e. The van der Waals surface area contributed by atoms with Crippen LogP contribution in [0.4, 0.5) is 17.3 Å². The van der Waals surface area contributed by atoms with Crippen LogP contribution in [-0.4, -0.2) is 31.9 Å². The first-order valence-electron chi connectivity index (χ1n) is 11.3. The second-order valence-corrected chi connectivity index (χ2v) is 8.93. The third kappa shape index (κ3) is 6.54. The van der Waals surface area contributed by atoms with Gasteiger partial charge in [0.05, 0.1) is 22.7 Å². The lowest BCUT2D eigenvalue weighted by Gasteiger charge is -2.08. The summed E-state index contributed by atoms with van der Waals surface area (Å²) in [4.78, 5) is 31.7. The monoisotopic (exact) mass is 539 g/mol. The topological polar surface area (TPSA) is 141 Å². The molecule has 4 N–H and O–H groups in total. The molecule has 37 heavy (non-hydrogen) atoms. The number of halogens is 2. The van der Waals surface area contributed by atoms with Crippen LogP contribution < -0.4 is 16.4 Å². The number of aryl methyl sites for hydroxylation is 1. The fraction of sp³-hybridized carbons (Fsp3) is 0.160. The van der Waals surface area contributed by atoms with Crippen molar-refractivity contribution in [3.05, 3.63) is 98.5 Å². The molecule has 0 atom stereocenters. The van der Waals surface area contributed by atoms with Crippen LogP contribution in [0.2, 0.25) is 10.0 Å². The molecule has 190 valence electrons. The minimum Gasteiger partial charge on any atom is -0.378 e. The normalized spacial score (nSPS) is 10.8. The number of carbonyl (C=O) groups is 1. The van der Waals surface area contributed by atoms with Crippen LogP contribution in [0.1, 0.15) is 22.5 Å². The maximum Gasteiger partial charge on any atom is 0.311 e. The van der Waals surface area contributed by atoms with E-state index in [0.29, 0.717) is 52.1 Å². The number of nitrogens with one attached hydrogen (secondary N) is 2. The molecule has 4 rings (SSSR count). The lowest BCUT2D eigenvalue weighted by Crippen LogP contribution is -2.23. The number of rotatable bonds is 10. The van der Waals surface area contributed by atoms with Crippen LogP contribution >= 0.6 is 23.2 Å². The number of anilines is 2. The number of carbonyl (C=O) groups excluding carboxylic acids is 1. The summed E-state index contributed by atoms with van der Waals surface area (Å²) in [6.45, 7) is 1.40. The molecule has 4 aromatic rings. The van der Waals surface area contributed by atoms with E-state index in [1.54, 1.807) is 30.6 Å². The summed E-state index contributed by atoms with van der Waals surface area (Å²) in [5, 5.41) is 17.8. The van der Waals surface area contributed by atoms with Gasteiger partial charge in [-0.2, -0.15) is 0 Å². The zero-order valence-electron chi connectivity index (χ0n) is 19.5. The largest absolute Gasteiger partial charge is 0.378 e. The molecular weight excluding hydrogens is 517 g/mol. The fourth-order valence-electron chi connectivity index (χ4n) is 3.71. The third-order valence-corrected chi connectivity index (χ3v) is 6.05. The van der Waals surface area contributed by atoms with Crippen molar-refractivity contribution in [2.75, 3.05) is 17.6 Å². The van der Waals surface area contributed by atoms with Gasteiger partial charge in [0.2, 0.25) is 5.82 Å². The molecule has 0 aliphatic heterocycles. The first kappa shape index (κ1) is 25.9. The first-order chi connectivity index (χ1) is 17.8. The molecular formula is C25H23Cl2N7O3. The lowest BCUT2D eigenvalue weighted by molar-refractivity contribution is -0.384. The van der Waals surface area contributed by atoms with E-state index < -0.39 is 4.92 Å². The van der Waals surface area contributed by atoms with E-state index in [-0.39, 0.29) is 24.0 Å². The van der Waals surface area contributed by atoms with Crippen LogP contribution in [-0.2, 0) is 13.1 Å². The van der Waals surface area contributed by atoms with E-state index in [9.17, 15) is 14.9 Å². The Morgan fingerprint density at radius 2 is 1.95 bits per heavy atom. The number of benzene rings is 1. The second-order valence-electron chi connectivity index (χ2n) is 8.09. The van der Waals surface area contributed by atoms with Gasteiger partial charge in [0.25, 0.3) is 5.91 Å². The second kappa shape index (κ2) is 11.7. The molecule has 1 aromatic carbocycles. The summed E-state index contributed by atoms with van der Waals surface area (Å²) >= 11 is 12.5. The predicted octanol–water partition coefficient (Wildman–Crippen LogP) is 5.17. The number of nitro groups is 1. The van der Waals surface area contributed by atoms with Gasteiger partial charge in [-0.05, 0) is 36.8 Å². The van der Waals surface area contributed by atoms with Gasteiger partial charge in [0, 0.05) is 58.9 Å². The number of pyridine rings is 2. The molecule has 0 bridgehead atoms. The van der Waals surface area contributed by atoms with Crippen molar-refractivity contribution in [3.63, 3.8) is 0 Å². The van der Waals surface area contributed by atoms with Crippen molar-refractivity contribution in [3.8, 4) is 11.1 Å². The predicted molar refractivity (Wildman–Crippen MR) is 144 cm³/mol. The van der Waals surface area contributed by atoms with Crippen molar-refractivity contribution in [2.24, 2.45) is 0 Å². The summed E-state index contributed by atoms with van der Waals surface area (Å²) in [5.74, 6) is 0.0409. The molecule has 0 unspecified atom stereocenters. The number of aromatic nitrogens is 3. The van der Waals surface area contributed by atoms with Crippen LogP contribution in [0, 0.1) is 10.1 Å². The minimum absolute atomic E-state index is 0.147. The number of nitrogens with zero attached hydrogens (tertiary/aromatic N) is 4. The Labute approximate surface area is 222 Å². The van der Waals surface area contributed by atoms with Crippen molar-refractivity contribution in [1.82, 2.24) is 19.9 Å². The Morgan fingerprint density at radius 1 is 1.11 bits per heavy atom. The van der Waals surface area contributed by atoms with E-state index in [2.05, 4.69) is 20.6 Å².